The second-order valence-corrected chi connectivity index (χ2v) is 8.43. The lowest BCUT2D eigenvalue weighted by atomic mass is 10.1. The van der Waals surface area contributed by atoms with Crippen molar-refractivity contribution in [1.29, 1.82) is 0 Å². The monoisotopic (exact) mass is 454 g/mol. The summed E-state index contributed by atoms with van der Waals surface area (Å²) in [6.45, 7) is 3.89. The Hall–Kier alpha value is -3.90. The van der Waals surface area contributed by atoms with Crippen molar-refractivity contribution in [3.8, 4) is 17.1 Å². The van der Waals surface area contributed by atoms with Gasteiger partial charge >= 0.3 is 0 Å². The van der Waals surface area contributed by atoms with E-state index in [1.54, 1.807) is 18.2 Å². The molecular weight excluding hydrogens is 428 g/mol. The van der Waals surface area contributed by atoms with E-state index in [4.69, 9.17) is 9.15 Å². The fraction of sp³-hybridized carbons (Fsp3) is 0.214. The van der Waals surface area contributed by atoms with Gasteiger partial charge in [0.25, 0.3) is 5.91 Å². The SMILES string of the molecule is O=C(COc1ccc2c(=O)cc(-c3ccccc3)oc2c1)N1CCN(Cc2ccccc2)CC1. The smallest absolute Gasteiger partial charge is 0.260 e. The van der Waals surface area contributed by atoms with E-state index in [-0.39, 0.29) is 17.9 Å². The highest BCUT2D eigenvalue weighted by molar-refractivity contribution is 5.81. The summed E-state index contributed by atoms with van der Waals surface area (Å²) in [6.07, 6.45) is 0. The minimum atomic E-state index is -0.115. The lowest BCUT2D eigenvalue weighted by molar-refractivity contribution is -0.135. The van der Waals surface area contributed by atoms with Crippen LogP contribution in [0.1, 0.15) is 5.56 Å². The molecule has 0 radical (unpaired) electrons. The maximum atomic E-state index is 12.7. The molecule has 1 fully saturated rings. The third-order valence-corrected chi connectivity index (χ3v) is 6.10. The molecule has 6 nitrogen and oxygen atoms in total. The summed E-state index contributed by atoms with van der Waals surface area (Å²) in [4.78, 5) is 29.4. The molecule has 0 aliphatic carbocycles. The normalized spacial score (nSPS) is 14.3. The Kier molecular flexibility index (Phi) is 6.40. The number of carbonyl (C=O) groups is 1. The van der Waals surface area contributed by atoms with Gasteiger partial charge in [-0.25, -0.2) is 0 Å². The van der Waals surface area contributed by atoms with Gasteiger partial charge in [0.05, 0.1) is 5.39 Å². The van der Waals surface area contributed by atoms with Crippen LogP contribution in [0.3, 0.4) is 0 Å². The molecule has 1 aliphatic rings. The van der Waals surface area contributed by atoms with Gasteiger partial charge in [0.2, 0.25) is 0 Å². The van der Waals surface area contributed by atoms with Gasteiger partial charge in [-0.1, -0.05) is 60.7 Å². The number of piperazine rings is 1. The molecule has 0 saturated carbocycles. The van der Waals surface area contributed by atoms with Crippen LogP contribution in [0, 0.1) is 0 Å². The average Bonchev–Trinajstić information content (AvgIpc) is 2.88. The highest BCUT2D eigenvalue weighted by atomic mass is 16.5. The van der Waals surface area contributed by atoms with E-state index in [1.807, 2.05) is 53.4 Å². The van der Waals surface area contributed by atoms with Crippen LogP contribution in [0.4, 0.5) is 0 Å². The van der Waals surface area contributed by atoms with E-state index in [9.17, 15) is 9.59 Å². The van der Waals surface area contributed by atoms with Crippen molar-refractivity contribution >= 4 is 16.9 Å². The predicted molar refractivity (Wildman–Crippen MR) is 132 cm³/mol. The summed E-state index contributed by atoms with van der Waals surface area (Å²) in [6, 6.07) is 26.4. The molecule has 1 amide bonds. The second-order valence-electron chi connectivity index (χ2n) is 8.43. The van der Waals surface area contributed by atoms with Crippen molar-refractivity contribution in [3.63, 3.8) is 0 Å². The van der Waals surface area contributed by atoms with E-state index in [2.05, 4.69) is 17.0 Å². The number of fused-ring (bicyclic) bond motifs is 1. The quantitative estimate of drug-likeness (QED) is 0.437. The topological polar surface area (TPSA) is 63.0 Å². The Balaban J connectivity index is 1.20. The van der Waals surface area contributed by atoms with Gasteiger partial charge < -0.3 is 14.1 Å². The number of ether oxygens (including phenoxy) is 1. The molecule has 3 aromatic carbocycles. The van der Waals surface area contributed by atoms with Gasteiger partial charge in [0.15, 0.2) is 12.0 Å². The average molecular weight is 455 g/mol. The molecule has 2 heterocycles. The van der Waals surface area contributed by atoms with Crippen LogP contribution < -0.4 is 10.2 Å². The third-order valence-electron chi connectivity index (χ3n) is 6.10. The fourth-order valence-corrected chi connectivity index (χ4v) is 4.20. The van der Waals surface area contributed by atoms with E-state index < -0.39 is 0 Å². The maximum absolute atomic E-state index is 12.7. The van der Waals surface area contributed by atoms with E-state index >= 15 is 0 Å². The standard InChI is InChI=1S/C28H26N2O4/c31-25-18-26(22-9-5-2-6-10-22)34-27-17-23(11-12-24(25)27)33-20-28(32)30-15-13-29(14-16-30)19-21-7-3-1-4-8-21/h1-12,17-18H,13-16,19-20H2. The predicted octanol–water partition coefficient (Wildman–Crippen LogP) is 4.18. The van der Waals surface area contributed by atoms with Crippen LogP contribution in [-0.2, 0) is 11.3 Å². The van der Waals surface area contributed by atoms with Crippen molar-refractivity contribution in [2.45, 2.75) is 6.54 Å². The minimum absolute atomic E-state index is 0.0426. The van der Waals surface area contributed by atoms with Crippen molar-refractivity contribution in [2.75, 3.05) is 32.8 Å². The maximum Gasteiger partial charge on any atom is 0.260 e. The minimum Gasteiger partial charge on any atom is -0.484 e. The molecule has 0 unspecified atom stereocenters. The van der Waals surface area contributed by atoms with Crippen LogP contribution in [0.15, 0.2) is 94.1 Å². The van der Waals surface area contributed by atoms with E-state index in [0.717, 1.165) is 25.2 Å². The molecule has 0 N–H and O–H groups in total. The van der Waals surface area contributed by atoms with Gasteiger partial charge in [-0.2, -0.15) is 0 Å². The van der Waals surface area contributed by atoms with E-state index in [1.165, 1.54) is 11.6 Å². The largest absolute Gasteiger partial charge is 0.484 e. The molecule has 172 valence electrons. The molecule has 0 spiro atoms. The Bertz CT molecular complexity index is 1330. The van der Waals surface area contributed by atoms with Crippen molar-refractivity contribution in [1.82, 2.24) is 9.80 Å². The first kappa shape index (κ1) is 21.9. The summed E-state index contributed by atoms with van der Waals surface area (Å²) in [7, 11) is 0. The molecule has 0 atom stereocenters. The Morgan fingerprint density at radius 2 is 1.56 bits per heavy atom. The number of nitrogens with zero attached hydrogens (tertiary/aromatic N) is 2. The summed E-state index contributed by atoms with van der Waals surface area (Å²) in [5.74, 6) is 0.954. The zero-order chi connectivity index (χ0) is 23.3. The Morgan fingerprint density at radius 3 is 2.29 bits per heavy atom. The van der Waals surface area contributed by atoms with Crippen LogP contribution in [-0.4, -0.2) is 48.5 Å². The van der Waals surface area contributed by atoms with Gasteiger partial charge in [0.1, 0.15) is 17.1 Å². The number of hydrogen-bond acceptors (Lipinski definition) is 5. The fourth-order valence-electron chi connectivity index (χ4n) is 4.20. The molecule has 34 heavy (non-hydrogen) atoms. The van der Waals surface area contributed by atoms with Gasteiger partial charge in [-0.3, -0.25) is 14.5 Å². The summed E-state index contributed by atoms with van der Waals surface area (Å²) < 4.78 is 11.7. The summed E-state index contributed by atoms with van der Waals surface area (Å²) in [5.41, 5.74) is 2.43. The molecule has 1 aromatic heterocycles. The lowest BCUT2D eigenvalue weighted by Crippen LogP contribution is -2.49. The van der Waals surface area contributed by atoms with Gasteiger partial charge in [0, 0.05) is 50.4 Å². The molecule has 1 saturated heterocycles. The number of rotatable bonds is 6. The third kappa shape index (κ3) is 5.02. The first-order valence-corrected chi connectivity index (χ1v) is 11.5. The highest BCUT2D eigenvalue weighted by Crippen LogP contribution is 2.25. The first-order valence-electron chi connectivity index (χ1n) is 11.5. The van der Waals surface area contributed by atoms with Crippen molar-refractivity contribution in [2.24, 2.45) is 0 Å². The van der Waals surface area contributed by atoms with Crippen LogP contribution in [0.25, 0.3) is 22.3 Å². The van der Waals surface area contributed by atoms with Crippen molar-refractivity contribution in [3.05, 3.63) is 101 Å². The highest BCUT2D eigenvalue weighted by Gasteiger charge is 2.21. The number of benzene rings is 3. The summed E-state index contributed by atoms with van der Waals surface area (Å²) >= 11 is 0. The molecule has 4 aromatic rings. The van der Waals surface area contributed by atoms with Crippen LogP contribution in [0.5, 0.6) is 5.75 Å². The van der Waals surface area contributed by atoms with Gasteiger partial charge in [-0.05, 0) is 17.7 Å². The summed E-state index contributed by atoms with van der Waals surface area (Å²) in [5, 5.41) is 0.480. The van der Waals surface area contributed by atoms with Gasteiger partial charge in [-0.15, -0.1) is 0 Å². The zero-order valence-electron chi connectivity index (χ0n) is 18.9. The number of amides is 1. The second kappa shape index (κ2) is 9.93. The number of hydrogen-bond donors (Lipinski definition) is 0. The first-order chi connectivity index (χ1) is 16.7. The lowest BCUT2D eigenvalue weighted by Gasteiger charge is -2.34. The Labute approximate surface area is 198 Å². The Morgan fingerprint density at radius 1 is 0.853 bits per heavy atom. The van der Waals surface area contributed by atoms with Crippen molar-refractivity contribution < 1.29 is 13.9 Å². The zero-order valence-corrected chi connectivity index (χ0v) is 18.9. The van der Waals surface area contributed by atoms with E-state index in [0.29, 0.717) is 35.6 Å². The molecule has 5 rings (SSSR count). The molecule has 0 bridgehead atoms. The number of carbonyl (C=O) groups excluding carboxylic acids is 1. The molecule has 1 aliphatic heterocycles. The van der Waals surface area contributed by atoms with Crippen LogP contribution >= 0.6 is 0 Å². The molecule has 6 heteroatoms. The van der Waals surface area contributed by atoms with Crippen LogP contribution in [0.2, 0.25) is 0 Å². The molecular formula is C28H26N2O4.